The summed E-state index contributed by atoms with van der Waals surface area (Å²) in [6, 6.07) is 6.17. The quantitative estimate of drug-likeness (QED) is 0.924. The lowest BCUT2D eigenvalue weighted by atomic mass is 10.1. The van der Waals surface area contributed by atoms with E-state index in [2.05, 4.69) is 15.2 Å². The number of ether oxygens (including phenoxy) is 1. The number of carbonyl (C=O) groups is 1. The number of anilines is 1. The van der Waals surface area contributed by atoms with Crippen LogP contribution in [0.3, 0.4) is 0 Å². The highest BCUT2D eigenvalue weighted by Gasteiger charge is 2.17. The summed E-state index contributed by atoms with van der Waals surface area (Å²) in [5.74, 6) is -0.911. The summed E-state index contributed by atoms with van der Waals surface area (Å²) in [7, 11) is 0. The van der Waals surface area contributed by atoms with Gasteiger partial charge in [0.25, 0.3) is 5.91 Å². The second-order valence-electron chi connectivity index (χ2n) is 5.87. The van der Waals surface area contributed by atoms with Crippen molar-refractivity contribution in [1.29, 1.82) is 0 Å². The van der Waals surface area contributed by atoms with Gasteiger partial charge in [0.1, 0.15) is 17.5 Å². The van der Waals surface area contributed by atoms with Crippen LogP contribution in [-0.4, -0.2) is 37.2 Å². The highest BCUT2D eigenvalue weighted by molar-refractivity contribution is 5.94. The van der Waals surface area contributed by atoms with E-state index in [4.69, 9.17) is 4.74 Å². The van der Waals surface area contributed by atoms with Crippen LogP contribution in [0.4, 0.5) is 14.6 Å². The monoisotopic (exact) mass is 347 g/mol. The van der Waals surface area contributed by atoms with E-state index >= 15 is 0 Å². The summed E-state index contributed by atoms with van der Waals surface area (Å²) in [5, 5.41) is 2.70. The van der Waals surface area contributed by atoms with Crippen molar-refractivity contribution in [3.63, 3.8) is 0 Å². The van der Waals surface area contributed by atoms with E-state index < -0.39 is 17.7 Å². The molecule has 1 aromatic carbocycles. The van der Waals surface area contributed by atoms with E-state index in [-0.39, 0.29) is 11.5 Å². The maximum Gasteiger partial charge on any atom is 0.253 e. The SMILES string of the molecule is C[C@@H](NC(=O)c1ccc(N2CCOCC2)nc1)c1ccc(F)cc1F. The van der Waals surface area contributed by atoms with Gasteiger partial charge in [-0.05, 0) is 25.1 Å². The van der Waals surface area contributed by atoms with Crippen molar-refractivity contribution >= 4 is 11.7 Å². The molecule has 1 saturated heterocycles. The van der Waals surface area contributed by atoms with Crippen LogP contribution in [0.1, 0.15) is 28.9 Å². The Morgan fingerprint density at radius 3 is 2.64 bits per heavy atom. The molecule has 1 amide bonds. The smallest absolute Gasteiger partial charge is 0.253 e. The topological polar surface area (TPSA) is 54.5 Å². The number of nitrogens with zero attached hydrogens (tertiary/aromatic N) is 2. The Labute approximate surface area is 144 Å². The number of halogens is 2. The molecule has 0 radical (unpaired) electrons. The Morgan fingerprint density at radius 1 is 1.24 bits per heavy atom. The van der Waals surface area contributed by atoms with Crippen LogP contribution in [0.25, 0.3) is 0 Å². The Hall–Kier alpha value is -2.54. The highest BCUT2D eigenvalue weighted by Crippen LogP contribution is 2.19. The largest absolute Gasteiger partial charge is 0.378 e. The van der Waals surface area contributed by atoms with E-state index in [1.54, 1.807) is 19.1 Å². The highest BCUT2D eigenvalue weighted by atomic mass is 19.1. The van der Waals surface area contributed by atoms with Crippen LogP contribution < -0.4 is 10.2 Å². The number of pyridine rings is 1. The van der Waals surface area contributed by atoms with Crippen LogP contribution in [0.5, 0.6) is 0 Å². The maximum absolute atomic E-state index is 13.8. The van der Waals surface area contributed by atoms with E-state index in [0.29, 0.717) is 18.8 Å². The molecule has 1 aliphatic heterocycles. The van der Waals surface area contributed by atoms with Crippen molar-refractivity contribution in [2.45, 2.75) is 13.0 Å². The molecule has 2 heterocycles. The zero-order valence-electron chi connectivity index (χ0n) is 13.8. The van der Waals surface area contributed by atoms with Gasteiger partial charge in [0.05, 0.1) is 24.8 Å². The zero-order chi connectivity index (χ0) is 17.8. The molecule has 1 N–H and O–H groups in total. The van der Waals surface area contributed by atoms with Gasteiger partial charge in [0.2, 0.25) is 0 Å². The van der Waals surface area contributed by atoms with Gasteiger partial charge in [-0.2, -0.15) is 0 Å². The summed E-state index contributed by atoms with van der Waals surface area (Å²) in [6.07, 6.45) is 1.49. The average molecular weight is 347 g/mol. The third-order valence-corrected chi connectivity index (χ3v) is 4.12. The van der Waals surface area contributed by atoms with Crippen molar-refractivity contribution in [2.24, 2.45) is 0 Å². The summed E-state index contributed by atoms with van der Waals surface area (Å²) in [6.45, 7) is 4.48. The van der Waals surface area contributed by atoms with Gasteiger partial charge < -0.3 is 15.0 Å². The molecule has 1 aromatic heterocycles. The molecule has 2 aromatic rings. The van der Waals surface area contributed by atoms with Crippen molar-refractivity contribution in [3.8, 4) is 0 Å². The minimum atomic E-state index is -0.686. The first-order chi connectivity index (χ1) is 12.0. The Morgan fingerprint density at radius 2 is 2.00 bits per heavy atom. The third-order valence-electron chi connectivity index (χ3n) is 4.12. The average Bonchev–Trinajstić information content (AvgIpc) is 2.62. The van der Waals surface area contributed by atoms with Gasteiger partial charge in [0.15, 0.2) is 0 Å². The fraction of sp³-hybridized carbons (Fsp3) is 0.333. The molecule has 7 heteroatoms. The predicted octanol–water partition coefficient (Wildman–Crippen LogP) is 2.69. The number of carbonyl (C=O) groups excluding carboxylic acids is 1. The Kier molecular flexibility index (Phi) is 5.23. The number of morpholine rings is 1. The summed E-state index contributed by atoms with van der Waals surface area (Å²) >= 11 is 0. The minimum Gasteiger partial charge on any atom is -0.378 e. The first-order valence-electron chi connectivity index (χ1n) is 8.09. The number of benzene rings is 1. The molecule has 25 heavy (non-hydrogen) atoms. The van der Waals surface area contributed by atoms with E-state index in [0.717, 1.165) is 25.0 Å². The molecule has 0 bridgehead atoms. The van der Waals surface area contributed by atoms with Crippen molar-refractivity contribution in [1.82, 2.24) is 10.3 Å². The van der Waals surface area contributed by atoms with Gasteiger partial charge in [-0.3, -0.25) is 4.79 Å². The van der Waals surface area contributed by atoms with Gasteiger partial charge in [-0.25, -0.2) is 13.8 Å². The normalized spacial score (nSPS) is 15.7. The standard InChI is InChI=1S/C18H19F2N3O2/c1-12(15-4-3-14(19)10-16(15)20)22-18(24)13-2-5-17(21-11-13)23-6-8-25-9-7-23/h2-5,10-12H,6-9H2,1H3,(H,22,24)/t12-/m1/s1. The molecular formula is C18H19F2N3O2. The van der Waals surface area contributed by atoms with Crippen molar-refractivity contribution in [2.75, 3.05) is 31.2 Å². The number of hydrogen-bond donors (Lipinski definition) is 1. The fourth-order valence-electron chi connectivity index (χ4n) is 2.71. The maximum atomic E-state index is 13.8. The number of nitrogens with one attached hydrogen (secondary N) is 1. The summed E-state index contributed by atoms with van der Waals surface area (Å²) < 4.78 is 32.1. The van der Waals surface area contributed by atoms with Crippen molar-refractivity contribution < 1.29 is 18.3 Å². The van der Waals surface area contributed by atoms with Crippen LogP contribution >= 0.6 is 0 Å². The van der Waals surface area contributed by atoms with Gasteiger partial charge in [0, 0.05) is 30.9 Å². The lowest BCUT2D eigenvalue weighted by molar-refractivity contribution is 0.0939. The molecule has 132 valence electrons. The number of aromatic nitrogens is 1. The number of amides is 1. The van der Waals surface area contributed by atoms with E-state index in [9.17, 15) is 13.6 Å². The molecule has 1 fully saturated rings. The second kappa shape index (κ2) is 7.57. The molecule has 1 aliphatic rings. The van der Waals surface area contributed by atoms with Crippen LogP contribution in [0.15, 0.2) is 36.5 Å². The molecule has 0 unspecified atom stereocenters. The third kappa shape index (κ3) is 4.11. The van der Waals surface area contributed by atoms with Crippen LogP contribution in [0, 0.1) is 11.6 Å². The van der Waals surface area contributed by atoms with Gasteiger partial charge in [-0.15, -0.1) is 0 Å². The Balaban J connectivity index is 1.66. The molecule has 5 nitrogen and oxygen atoms in total. The lowest BCUT2D eigenvalue weighted by Gasteiger charge is -2.27. The molecule has 1 atom stereocenters. The van der Waals surface area contributed by atoms with Crippen LogP contribution in [-0.2, 0) is 4.74 Å². The summed E-state index contributed by atoms with van der Waals surface area (Å²) in [5.41, 5.74) is 0.610. The Bertz CT molecular complexity index is 746. The zero-order valence-corrected chi connectivity index (χ0v) is 13.8. The minimum absolute atomic E-state index is 0.229. The molecular weight excluding hydrogens is 328 g/mol. The first kappa shape index (κ1) is 17.3. The molecule has 0 spiro atoms. The fourth-order valence-corrected chi connectivity index (χ4v) is 2.71. The first-order valence-corrected chi connectivity index (χ1v) is 8.09. The van der Waals surface area contributed by atoms with Gasteiger partial charge >= 0.3 is 0 Å². The van der Waals surface area contributed by atoms with Crippen molar-refractivity contribution in [3.05, 3.63) is 59.3 Å². The van der Waals surface area contributed by atoms with Gasteiger partial charge in [-0.1, -0.05) is 6.07 Å². The lowest BCUT2D eigenvalue weighted by Crippen LogP contribution is -2.36. The molecule has 0 saturated carbocycles. The summed E-state index contributed by atoms with van der Waals surface area (Å²) in [4.78, 5) is 18.7. The van der Waals surface area contributed by atoms with E-state index in [1.807, 2.05) is 0 Å². The molecule has 0 aliphatic carbocycles. The second-order valence-corrected chi connectivity index (χ2v) is 5.87. The van der Waals surface area contributed by atoms with E-state index in [1.165, 1.54) is 18.3 Å². The van der Waals surface area contributed by atoms with Crippen LogP contribution in [0.2, 0.25) is 0 Å². The number of hydrogen-bond acceptors (Lipinski definition) is 4. The number of rotatable bonds is 4. The molecule has 3 rings (SSSR count). The predicted molar refractivity (Wildman–Crippen MR) is 89.5 cm³/mol.